The molecule has 4 aromatic rings. The maximum absolute atomic E-state index is 12.1. The Kier molecular flexibility index (Phi) is 5.09. The monoisotopic (exact) mass is 465 g/mol. The summed E-state index contributed by atoms with van der Waals surface area (Å²) in [5, 5.41) is 11.1. The molecule has 1 aliphatic heterocycles. The Balaban J connectivity index is 1.25. The van der Waals surface area contributed by atoms with Gasteiger partial charge in [0.2, 0.25) is 5.95 Å². The number of benzene rings is 1. The quantitative estimate of drug-likeness (QED) is 0.408. The summed E-state index contributed by atoms with van der Waals surface area (Å²) in [4.78, 5) is 26.2. The fraction of sp³-hybridized carbons (Fsp3) is 0.296. The Bertz CT molecular complexity index is 1420. The van der Waals surface area contributed by atoms with E-state index in [1.807, 2.05) is 62.1 Å². The van der Waals surface area contributed by atoms with Crippen LogP contribution in [0.15, 0.2) is 48.8 Å². The highest BCUT2D eigenvalue weighted by molar-refractivity contribution is 6.00. The first-order valence-corrected chi connectivity index (χ1v) is 12.1. The fourth-order valence-corrected chi connectivity index (χ4v) is 4.54. The van der Waals surface area contributed by atoms with Crippen molar-refractivity contribution in [3.63, 3.8) is 0 Å². The predicted molar refractivity (Wildman–Crippen MR) is 134 cm³/mol. The van der Waals surface area contributed by atoms with Gasteiger partial charge in [0.05, 0.1) is 11.7 Å². The lowest BCUT2D eigenvalue weighted by molar-refractivity contribution is 0.0958. The van der Waals surface area contributed by atoms with Crippen LogP contribution in [-0.4, -0.2) is 30.6 Å². The number of pyridine rings is 2. The molecule has 35 heavy (non-hydrogen) atoms. The lowest BCUT2D eigenvalue weighted by atomic mass is 10.0. The number of nitrogens with one attached hydrogen (secondary N) is 2. The summed E-state index contributed by atoms with van der Waals surface area (Å²) in [5.74, 6) is 1.89. The van der Waals surface area contributed by atoms with Crippen LogP contribution >= 0.6 is 0 Å². The first kappa shape index (κ1) is 21.5. The average Bonchev–Trinajstić information content (AvgIpc) is 3.59. The van der Waals surface area contributed by atoms with Gasteiger partial charge in [0, 0.05) is 52.9 Å². The summed E-state index contributed by atoms with van der Waals surface area (Å²) in [6.07, 6.45) is 6.21. The lowest BCUT2D eigenvalue weighted by Crippen LogP contribution is -2.16. The zero-order valence-corrected chi connectivity index (χ0v) is 20.0. The van der Waals surface area contributed by atoms with Gasteiger partial charge in [-0.25, -0.2) is 4.68 Å². The second-order valence-corrected chi connectivity index (χ2v) is 9.33. The number of aromatic nitrogens is 5. The van der Waals surface area contributed by atoms with Gasteiger partial charge in [-0.15, -0.1) is 5.10 Å². The molecule has 1 aromatic carbocycles. The maximum atomic E-state index is 12.1. The molecule has 176 valence electrons. The van der Waals surface area contributed by atoms with Gasteiger partial charge in [0.1, 0.15) is 0 Å². The first-order chi connectivity index (χ1) is 17.0. The zero-order valence-electron chi connectivity index (χ0n) is 20.0. The molecule has 4 heterocycles. The van der Waals surface area contributed by atoms with Gasteiger partial charge in [0.25, 0.3) is 5.91 Å². The largest absolute Gasteiger partial charge is 0.345 e. The molecule has 2 N–H and O–H groups in total. The van der Waals surface area contributed by atoms with E-state index in [1.165, 1.54) is 18.5 Å². The molecule has 1 saturated carbocycles. The average molecular weight is 466 g/mol. The zero-order chi connectivity index (χ0) is 24.1. The van der Waals surface area contributed by atoms with Crippen molar-refractivity contribution >= 4 is 17.5 Å². The molecular formula is C27H27N7O. The summed E-state index contributed by atoms with van der Waals surface area (Å²) in [7, 11) is 0. The fourth-order valence-electron chi connectivity index (χ4n) is 4.54. The smallest absolute Gasteiger partial charge is 0.252 e. The number of anilines is 2. The van der Waals surface area contributed by atoms with E-state index in [4.69, 9.17) is 4.98 Å². The van der Waals surface area contributed by atoms with E-state index in [0.717, 1.165) is 39.2 Å². The van der Waals surface area contributed by atoms with Gasteiger partial charge >= 0.3 is 0 Å². The third-order valence-corrected chi connectivity index (χ3v) is 6.77. The van der Waals surface area contributed by atoms with E-state index >= 15 is 0 Å². The highest BCUT2D eigenvalue weighted by Gasteiger charge is 2.27. The Labute approximate surface area is 203 Å². The number of aryl methyl sites for hydroxylation is 2. The van der Waals surface area contributed by atoms with Crippen molar-refractivity contribution in [2.45, 2.75) is 52.1 Å². The second kappa shape index (κ2) is 8.30. The Hall–Kier alpha value is -4.07. The summed E-state index contributed by atoms with van der Waals surface area (Å²) >= 11 is 0. The van der Waals surface area contributed by atoms with E-state index < -0.39 is 0 Å². The molecule has 8 heteroatoms. The number of amides is 1. The highest BCUT2D eigenvalue weighted by Crippen LogP contribution is 2.39. The van der Waals surface area contributed by atoms with Crippen LogP contribution in [0, 0.1) is 6.92 Å². The van der Waals surface area contributed by atoms with Crippen LogP contribution in [0.5, 0.6) is 0 Å². The van der Waals surface area contributed by atoms with Crippen molar-refractivity contribution in [2.75, 3.05) is 5.32 Å². The standard InChI is InChI=1S/C27H27N7O/c1-4-34-27(31-24-12-20-16(3)30-26(35)21(20)11-15(24)2)32-25(33-34)19-8-10-23(29-14-19)18-7-9-22(28-13-18)17-5-6-17/h7-14,16-17H,4-6H2,1-3H3,(H,30,35)(H,31,32,33). The van der Waals surface area contributed by atoms with Crippen molar-refractivity contribution in [1.82, 2.24) is 30.0 Å². The van der Waals surface area contributed by atoms with Gasteiger partial charge < -0.3 is 10.6 Å². The number of rotatable bonds is 6. The molecule has 0 radical (unpaired) electrons. The van der Waals surface area contributed by atoms with Gasteiger partial charge in [0.15, 0.2) is 5.82 Å². The summed E-state index contributed by atoms with van der Waals surface area (Å²) in [6.45, 7) is 6.68. The van der Waals surface area contributed by atoms with Crippen molar-refractivity contribution in [1.29, 1.82) is 0 Å². The predicted octanol–water partition coefficient (Wildman–Crippen LogP) is 5.16. The topological polar surface area (TPSA) is 97.6 Å². The van der Waals surface area contributed by atoms with Crippen LogP contribution in [0.2, 0.25) is 0 Å². The number of hydrogen-bond acceptors (Lipinski definition) is 6. The first-order valence-electron chi connectivity index (χ1n) is 12.1. The maximum Gasteiger partial charge on any atom is 0.252 e. The number of carbonyl (C=O) groups is 1. The number of fused-ring (bicyclic) bond motifs is 1. The number of hydrogen-bond donors (Lipinski definition) is 2. The molecule has 1 atom stereocenters. The third kappa shape index (κ3) is 3.95. The van der Waals surface area contributed by atoms with E-state index in [2.05, 4.69) is 37.8 Å². The Morgan fingerprint density at radius 2 is 1.89 bits per heavy atom. The van der Waals surface area contributed by atoms with Crippen molar-refractivity contribution in [3.05, 3.63) is 71.2 Å². The number of nitrogens with zero attached hydrogens (tertiary/aromatic N) is 5. The number of carbonyl (C=O) groups excluding carboxylic acids is 1. The molecule has 1 unspecified atom stereocenters. The summed E-state index contributed by atoms with van der Waals surface area (Å²) < 4.78 is 1.84. The van der Waals surface area contributed by atoms with E-state index in [0.29, 0.717) is 24.2 Å². The minimum atomic E-state index is -0.0215. The van der Waals surface area contributed by atoms with Crippen molar-refractivity contribution in [2.24, 2.45) is 0 Å². The Morgan fingerprint density at radius 1 is 1.09 bits per heavy atom. The molecule has 0 bridgehead atoms. The lowest BCUT2D eigenvalue weighted by Gasteiger charge is -2.12. The minimum absolute atomic E-state index is 0.0112. The van der Waals surface area contributed by atoms with Gasteiger partial charge in [-0.1, -0.05) is 0 Å². The van der Waals surface area contributed by atoms with E-state index in [-0.39, 0.29) is 11.9 Å². The van der Waals surface area contributed by atoms with Crippen LogP contribution in [0.1, 0.15) is 65.8 Å². The van der Waals surface area contributed by atoms with E-state index in [1.54, 1.807) is 0 Å². The molecule has 0 spiro atoms. The third-order valence-electron chi connectivity index (χ3n) is 6.77. The van der Waals surface area contributed by atoms with Crippen LogP contribution in [0.4, 0.5) is 11.6 Å². The van der Waals surface area contributed by atoms with Gasteiger partial charge in [-0.3, -0.25) is 14.8 Å². The van der Waals surface area contributed by atoms with Crippen molar-refractivity contribution < 1.29 is 4.79 Å². The van der Waals surface area contributed by atoms with Gasteiger partial charge in [-0.2, -0.15) is 4.98 Å². The van der Waals surface area contributed by atoms with Crippen LogP contribution in [-0.2, 0) is 6.54 Å². The molecule has 1 aliphatic carbocycles. The van der Waals surface area contributed by atoms with Crippen LogP contribution in [0.3, 0.4) is 0 Å². The molecule has 0 saturated heterocycles. The summed E-state index contributed by atoms with van der Waals surface area (Å²) in [6, 6.07) is 12.1. The molecule has 8 nitrogen and oxygen atoms in total. The Morgan fingerprint density at radius 3 is 2.57 bits per heavy atom. The highest BCUT2D eigenvalue weighted by atomic mass is 16.2. The summed E-state index contributed by atoms with van der Waals surface area (Å²) in [5.41, 5.74) is 7.53. The van der Waals surface area contributed by atoms with Gasteiger partial charge in [-0.05, 0) is 81.1 Å². The molecule has 2 aliphatic rings. The molecule has 6 rings (SSSR count). The van der Waals surface area contributed by atoms with Crippen molar-refractivity contribution in [3.8, 4) is 22.6 Å². The minimum Gasteiger partial charge on any atom is -0.345 e. The normalized spacial score (nSPS) is 16.8. The van der Waals surface area contributed by atoms with E-state index in [9.17, 15) is 4.79 Å². The molecular weight excluding hydrogens is 438 g/mol. The molecule has 3 aromatic heterocycles. The van der Waals surface area contributed by atoms with Crippen LogP contribution < -0.4 is 10.6 Å². The SMILES string of the molecule is CCn1nc(-c2ccc(-c3ccc(C4CC4)nc3)nc2)nc1Nc1cc2c(cc1C)C(=O)NC2C. The molecule has 1 fully saturated rings. The van der Waals surface area contributed by atoms with Crippen LogP contribution in [0.25, 0.3) is 22.6 Å². The molecule has 1 amide bonds. The second-order valence-electron chi connectivity index (χ2n) is 9.33.